The lowest BCUT2D eigenvalue weighted by Crippen LogP contribution is -2.67. The number of carbonyl (C=O) groups excluding carboxylic acids is 2. The Morgan fingerprint density at radius 2 is 2.00 bits per heavy atom. The first-order valence-corrected chi connectivity index (χ1v) is 6.54. The van der Waals surface area contributed by atoms with Crippen LogP contribution >= 0.6 is 0 Å². The van der Waals surface area contributed by atoms with Gasteiger partial charge in [-0.05, 0) is 32.1 Å². The van der Waals surface area contributed by atoms with Crippen LogP contribution in [0.1, 0.15) is 47.0 Å². The first kappa shape index (κ1) is 12.4. The minimum Gasteiger partial charge on any atom is -0.343 e. The molecule has 4 heteroatoms. The maximum atomic E-state index is 12.4. The highest BCUT2D eigenvalue weighted by Crippen LogP contribution is 2.44. The summed E-state index contributed by atoms with van der Waals surface area (Å²) in [6, 6.07) is -0.618. The summed E-state index contributed by atoms with van der Waals surface area (Å²) in [4.78, 5) is 26.4. The zero-order valence-corrected chi connectivity index (χ0v) is 11.1. The highest BCUT2D eigenvalue weighted by Gasteiger charge is 2.54. The van der Waals surface area contributed by atoms with Crippen molar-refractivity contribution in [3.05, 3.63) is 0 Å². The fourth-order valence-corrected chi connectivity index (χ4v) is 2.64. The van der Waals surface area contributed by atoms with E-state index in [0.29, 0.717) is 6.42 Å². The molecule has 2 atom stereocenters. The third kappa shape index (κ3) is 1.94. The second kappa shape index (κ2) is 4.00. The van der Waals surface area contributed by atoms with Crippen molar-refractivity contribution in [3.8, 4) is 0 Å². The van der Waals surface area contributed by atoms with Crippen LogP contribution in [0.4, 0.5) is 0 Å². The molecule has 1 N–H and O–H groups in total. The summed E-state index contributed by atoms with van der Waals surface area (Å²) in [6.07, 6.45) is 2.71. The molecule has 4 nitrogen and oxygen atoms in total. The number of rotatable bonds is 3. The summed E-state index contributed by atoms with van der Waals surface area (Å²) in [6.45, 7) is 8.03. The van der Waals surface area contributed by atoms with Gasteiger partial charge in [0.1, 0.15) is 12.1 Å². The number of carbonyl (C=O) groups is 2. The van der Waals surface area contributed by atoms with Gasteiger partial charge >= 0.3 is 0 Å². The van der Waals surface area contributed by atoms with Crippen molar-refractivity contribution in [1.29, 1.82) is 0 Å². The van der Waals surface area contributed by atoms with E-state index in [1.807, 2.05) is 25.7 Å². The van der Waals surface area contributed by atoms with Crippen molar-refractivity contribution in [2.24, 2.45) is 5.92 Å². The molecular weight excluding hydrogens is 216 g/mol. The standard InChI is InChI=1S/C13H22N2O2/c1-5-9-12(17)15(13(4)6-7-13)10(8(2)3)11(16)14-9/h8-10H,5-7H2,1-4H3,(H,14,16). The zero-order chi connectivity index (χ0) is 12.8. The smallest absolute Gasteiger partial charge is 0.246 e. The summed E-state index contributed by atoms with van der Waals surface area (Å²) in [5.41, 5.74) is -0.0722. The van der Waals surface area contributed by atoms with E-state index in [4.69, 9.17) is 0 Å². The Labute approximate surface area is 103 Å². The molecule has 1 aliphatic heterocycles. The molecule has 96 valence electrons. The van der Waals surface area contributed by atoms with E-state index < -0.39 is 0 Å². The fraction of sp³-hybridized carbons (Fsp3) is 0.846. The average Bonchev–Trinajstić information content (AvgIpc) is 2.99. The van der Waals surface area contributed by atoms with Crippen molar-refractivity contribution in [3.63, 3.8) is 0 Å². The van der Waals surface area contributed by atoms with Crippen LogP contribution in [0.5, 0.6) is 0 Å². The third-order valence-electron chi connectivity index (χ3n) is 3.99. The molecule has 0 aromatic rings. The minimum atomic E-state index is -0.324. The number of piperazine rings is 1. The van der Waals surface area contributed by atoms with Gasteiger partial charge in [0.15, 0.2) is 0 Å². The number of nitrogens with one attached hydrogen (secondary N) is 1. The van der Waals surface area contributed by atoms with Gasteiger partial charge in [0.25, 0.3) is 0 Å². The molecule has 17 heavy (non-hydrogen) atoms. The van der Waals surface area contributed by atoms with Crippen molar-refractivity contribution in [2.45, 2.75) is 64.6 Å². The second-order valence-corrected chi connectivity index (χ2v) is 5.86. The van der Waals surface area contributed by atoms with Gasteiger partial charge < -0.3 is 10.2 Å². The predicted octanol–water partition coefficient (Wildman–Crippen LogP) is 1.30. The summed E-state index contributed by atoms with van der Waals surface area (Å²) in [5, 5.41) is 2.85. The maximum Gasteiger partial charge on any atom is 0.246 e. The largest absolute Gasteiger partial charge is 0.343 e. The molecule has 0 radical (unpaired) electrons. The Morgan fingerprint density at radius 3 is 2.41 bits per heavy atom. The Hall–Kier alpha value is -1.06. The van der Waals surface area contributed by atoms with Crippen LogP contribution in [0, 0.1) is 5.92 Å². The van der Waals surface area contributed by atoms with Crippen molar-refractivity contribution in [1.82, 2.24) is 10.2 Å². The zero-order valence-electron chi connectivity index (χ0n) is 11.1. The molecule has 0 aromatic carbocycles. The fourth-order valence-electron chi connectivity index (χ4n) is 2.64. The second-order valence-electron chi connectivity index (χ2n) is 5.86. The van der Waals surface area contributed by atoms with Crippen LogP contribution in [0.3, 0.4) is 0 Å². The number of hydrogen-bond donors (Lipinski definition) is 1. The van der Waals surface area contributed by atoms with Gasteiger partial charge in [-0.1, -0.05) is 20.8 Å². The Bertz CT molecular complexity index is 347. The van der Waals surface area contributed by atoms with Gasteiger partial charge in [-0.3, -0.25) is 9.59 Å². The first-order valence-electron chi connectivity index (χ1n) is 6.54. The monoisotopic (exact) mass is 238 g/mol. The maximum absolute atomic E-state index is 12.4. The van der Waals surface area contributed by atoms with Gasteiger partial charge in [-0.25, -0.2) is 0 Å². The van der Waals surface area contributed by atoms with E-state index in [0.717, 1.165) is 12.8 Å². The van der Waals surface area contributed by atoms with E-state index in [9.17, 15) is 9.59 Å². The van der Waals surface area contributed by atoms with E-state index in [-0.39, 0.29) is 35.4 Å². The van der Waals surface area contributed by atoms with Gasteiger partial charge in [0.2, 0.25) is 11.8 Å². The molecule has 2 rings (SSSR count). The van der Waals surface area contributed by atoms with Crippen molar-refractivity contribution in [2.75, 3.05) is 0 Å². The summed E-state index contributed by atoms with van der Waals surface area (Å²) in [7, 11) is 0. The molecule has 0 bridgehead atoms. The normalized spacial score (nSPS) is 31.7. The predicted molar refractivity (Wildman–Crippen MR) is 65.3 cm³/mol. The van der Waals surface area contributed by atoms with E-state index in [1.54, 1.807) is 0 Å². The molecule has 1 saturated heterocycles. The topological polar surface area (TPSA) is 49.4 Å². The highest BCUT2D eigenvalue weighted by atomic mass is 16.2. The number of amides is 2. The number of hydrogen-bond acceptors (Lipinski definition) is 2. The van der Waals surface area contributed by atoms with Crippen LogP contribution in [-0.4, -0.2) is 34.3 Å². The molecule has 2 unspecified atom stereocenters. The Morgan fingerprint density at radius 1 is 1.41 bits per heavy atom. The Balaban J connectivity index is 2.32. The van der Waals surface area contributed by atoms with Gasteiger partial charge in [0, 0.05) is 5.54 Å². The highest BCUT2D eigenvalue weighted by molar-refractivity contribution is 5.97. The molecule has 2 fully saturated rings. The molecule has 2 aliphatic rings. The van der Waals surface area contributed by atoms with E-state index in [2.05, 4.69) is 12.2 Å². The molecular formula is C13H22N2O2. The molecule has 0 aromatic heterocycles. The SMILES string of the molecule is CCC1NC(=O)C(C(C)C)N(C2(C)CC2)C1=O. The molecule has 0 spiro atoms. The van der Waals surface area contributed by atoms with Gasteiger partial charge in [-0.2, -0.15) is 0 Å². The van der Waals surface area contributed by atoms with Crippen molar-refractivity contribution >= 4 is 11.8 Å². The first-order chi connectivity index (χ1) is 7.90. The van der Waals surface area contributed by atoms with Crippen LogP contribution in [-0.2, 0) is 9.59 Å². The van der Waals surface area contributed by atoms with E-state index >= 15 is 0 Å². The van der Waals surface area contributed by atoms with Crippen molar-refractivity contribution < 1.29 is 9.59 Å². The summed E-state index contributed by atoms with van der Waals surface area (Å²) < 4.78 is 0. The van der Waals surface area contributed by atoms with Gasteiger partial charge in [0.05, 0.1) is 0 Å². The van der Waals surface area contributed by atoms with Crippen LogP contribution < -0.4 is 5.32 Å². The lowest BCUT2D eigenvalue weighted by atomic mass is 9.94. The lowest BCUT2D eigenvalue weighted by molar-refractivity contribution is -0.155. The molecule has 1 saturated carbocycles. The molecule has 2 amide bonds. The third-order valence-corrected chi connectivity index (χ3v) is 3.99. The molecule has 1 aliphatic carbocycles. The van der Waals surface area contributed by atoms with Crippen LogP contribution in [0.15, 0.2) is 0 Å². The number of nitrogens with zero attached hydrogens (tertiary/aromatic N) is 1. The average molecular weight is 238 g/mol. The van der Waals surface area contributed by atoms with E-state index in [1.165, 1.54) is 0 Å². The Kier molecular flexibility index (Phi) is 2.92. The minimum absolute atomic E-state index is 0.0135. The van der Waals surface area contributed by atoms with Gasteiger partial charge in [-0.15, -0.1) is 0 Å². The van der Waals surface area contributed by atoms with Crippen LogP contribution in [0.2, 0.25) is 0 Å². The summed E-state index contributed by atoms with van der Waals surface area (Å²) in [5.74, 6) is 0.277. The lowest BCUT2D eigenvalue weighted by Gasteiger charge is -2.44. The molecule has 1 heterocycles. The summed E-state index contributed by atoms with van der Waals surface area (Å²) >= 11 is 0. The quantitative estimate of drug-likeness (QED) is 0.805. The van der Waals surface area contributed by atoms with Crippen LogP contribution in [0.25, 0.3) is 0 Å².